The van der Waals surface area contributed by atoms with Crippen molar-refractivity contribution in [1.29, 1.82) is 5.26 Å². The van der Waals surface area contributed by atoms with E-state index >= 15 is 0 Å². The molecule has 0 radical (unpaired) electrons. The van der Waals surface area contributed by atoms with Gasteiger partial charge < -0.3 is 10.1 Å². The van der Waals surface area contributed by atoms with Crippen LogP contribution in [0.3, 0.4) is 0 Å². The smallest absolute Gasteiger partial charge is 0.159 e. The lowest BCUT2D eigenvalue weighted by Crippen LogP contribution is -2.23. The van der Waals surface area contributed by atoms with Gasteiger partial charge in [0, 0.05) is 11.6 Å². The largest absolute Gasteiger partial charge is 0.378 e. The molecule has 6 heteroatoms. The lowest BCUT2D eigenvalue weighted by atomic mass is 10.0. The van der Waals surface area contributed by atoms with Crippen LogP contribution in [0.5, 0.6) is 0 Å². The topological polar surface area (TPSA) is 45.0 Å². The molecule has 1 fully saturated rings. The summed E-state index contributed by atoms with van der Waals surface area (Å²) in [7, 11) is 0. The van der Waals surface area contributed by atoms with E-state index in [2.05, 4.69) is 11.4 Å². The molecule has 0 saturated carbocycles. The molecular weight excluding hydrogens is 322 g/mol. The van der Waals surface area contributed by atoms with Gasteiger partial charge in [0.2, 0.25) is 0 Å². The lowest BCUT2D eigenvalue weighted by molar-refractivity contribution is 0.107. The molecule has 0 aliphatic carbocycles. The Morgan fingerprint density at radius 2 is 2.00 bits per heavy atom. The highest BCUT2D eigenvalue weighted by molar-refractivity contribution is 6.30. The first-order valence-corrected chi connectivity index (χ1v) is 7.49. The van der Waals surface area contributed by atoms with Crippen LogP contribution in [0.25, 0.3) is 0 Å². The molecule has 2 aromatic carbocycles. The van der Waals surface area contributed by atoms with E-state index < -0.39 is 17.7 Å². The van der Waals surface area contributed by atoms with Gasteiger partial charge >= 0.3 is 0 Å². The zero-order valence-electron chi connectivity index (χ0n) is 12.0. The Hall–Kier alpha value is -2.16. The Labute approximate surface area is 137 Å². The molecule has 0 amide bonds. The Morgan fingerprint density at radius 3 is 2.74 bits per heavy atom. The van der Waals surface area contributed by atoms with Crippen LogP contribution in [-0.4, -0.2) is 12.6 Å². The third-order valence-electron chi connectivity index (χ3n) is 3.81. The summed E-state index contributed by atoms with van der Waals surface area (Å²) in [6.07, 6.45) is 0.282. The molecule has 23 heavy (non-hydrogen) atoms. The molecule has 118 valence electrons. The molecule has 0 aromatic heterocycles. The first-order chi connectivity index (χ1) is 11.1. The number of nitriles is 1. The molecule has 2 aromatic rings. The number of rotatable bonds is 3. The highest BCUT2D eigenvalue weighted by Gasteiger charge is 2.30. The fourth-order valence-electron chi connectivity index (χ4n) is 2.69. The van der Waals surface area contributed by atoms with Crippen LogP contribution in [-0.2, 0) is 4.74 Å². The summed E-state index contributed by atoms with van der Waals surface area (Å²) in [5.41, 5.74) is 1.62. The van der Waals surface area contributed by atoms with Crippen molar-refractivity contribution in [3.63, 3.8) is 0 Å². The maximum absolute atomic E-state index is 13.4. The van der Waals surface area contributed by atoms with Gasteiger partial charge in [-0.1, -0.05) is 17.7 Å². The monoisotopic (exact) mass is 334 g/mol. The van der Waals surface area contributed by atoms with Crippen LogP contribution in [0.2, 0.25) is 5.02 Å². The third kappa shape index (κ3) is 3.29. The second-order valence-corrected chi connectivity index (χ2v) is 5.74. The molecule has 1 aliphatic rings. The van der Waals surface area contributed by atoms with E-state index in [0.29, 0.717) is 34.9 Å². The summed E-state index contributed by atoms with van der Waals surface area (Å²) < 4.78 is 32.2. The number of anilines is 1. The Balaban J connectivity index is 1.85. The van der Waals surface area contributed by atoms with Gasteiger partial charge in [-0.25, -0.2) is 8.78 Å². The van der Waals surface area contributed by atoms with E-state index in [0.717, 1.165) is 12.1 Å². The molecule has 0 bridgehead atoms. The van der Waals surface area contributed by atoms with Crippen molar-refractivity contribution in [3.8, 4) is 6.07 Å². The zero-order valence-corrected chi connectivity index (χ0v) is 12.8. The first kappa shape index (κ1) is 15.7. The second-order valence-electron chi connectivity index (χ2n) is 5.31. The van der Waals surface area contributed by atoms with Crippen LogP contribution in [0.15, 0.2) is 36.4 Å². The van der Waals surface area contributed by atoms with Gasteiger partial charge in [-0.2, -0.15) is 5.26 Å². The summed E-state index contributed by atoms with van der Waals surface area (Å²) in [5, 5.41) is 12.9. The minimum atomic E-state index is -0.902. The maximum Gasteiger partial charge on any atom is 0.159 e. The van der Waals surface area contributed by atoms with E-state index in [9.17, 15) is 14.0 Å². The highest BCUT2D eigenvalue weighted by atomic mass is 35.5. The molecule has 1 heterocycles. The molecule has 1 N–H and O–H groups in total. The molecule has 1 aliphatic heterocycles. The van der Waals surface area contributed by atoms with Crippen LogP contribution in [0.1, 0.15) is 23.7 Å². The fourth-order valence-corrected chi connectivity index (χ4v) is 2.86. The van der Waals surface area contributed by atoms with Gasteiger partial charge in [-0.15, -0.1) is 0 Å². The molecular formula is C17H13ClF2N2O. The van der Waals surface area contributed by atoms with E-state index in [1.54, 1.807) is 18.2 Å². The molecule has 1 saturated heterocycles. The Kier molecular flexibility index (Phi) is 4.46. The Bertz CT molecular complexity index is 776. The van der Waals surface area contributed by atoms with Crippen LogP contribution in [0, 0.1) is 23.0 Å². The SMILES string of the molecule is N#Cc1cc(Cl)ccc1NC1CCOC1c1ccc(F)c(F)c1. The van der Waals surface area contributed by atoms with Crippen molar-refractivity contribution in [2.45, 2.75) is 18.6 Å². The van der Waals surface area contributed by atoms with Gasteiger partial charge in [0.15, 0.2) is 11.6 Å². The van der Waals surface area contributed by atoms with E-state index in [1.807, 2.05) is 0 Å². The number of nitrogens with zero attached hydrogens (tertiary/aromatic N) is 1. The molecule has 3 nitrogen and oxygen atoms in total. The number of benzene rings is 2. The Morgan fingerprint density at radius 1 is 1.17 bits per heavy atom. The predicted octanol–water partition coefficient (Wildman–Crippen LogP) is 4.43. The van der Waals surface area contributed by atoms with Crippen molar-refractivity contribution in [2.24, 2.45) is 0 Å². The fraction of sp³-hybridized carbons (Fsp3) is 0.235. The number of ether oxygens (including phenoxy) is 1. The molecule has 2 atom stereocenters. The summed E-state index contributed by atoms with van der Waals surface area (Å²) in [4.78, 5) is 0. The summed E-state index contributed by atoms with van der Waals surface area (Å²) >= 11 is 5.89. The minimum absolute atomic E-state index is 0.145. The van der Waals surface area contributed by atoms with E-state index in [1.165, 1.54) is 6.07 Å². The number of hydrogen-bond donors (Lipinski definition) is 1. The summed E-state index contributed by atoms with van der Waals surface area (Å²) in [5.74, 6) is -1.79. The molecule has 2 unspecified atom stereocenters. The molecule has 3 rings (SSSR count). The van der Waals surface area contributed by atoms with Crippen molar-refractivity contribution < 1.29 is 13.5 Å². The van der Waals surface area contributed by atoms with Crippen molar-refractivity contribution in [1.82, 2.24) is 0 Å². The standard InChI is InChI=1S/C17H13ClF2N2O/c18-12-2-4-15(11(7-12)9-21)22-16-5-6-23-17(16)10-1-3-13(19)14(20)8-10/h1-4,7-8,16-17,22H,5-6H2. The van der Waals surface area contributed by atoms with Gasteiger partial charge in [-0.3, -0.25) is 0 Å². The van der Waals surface area contributed by atoms with Crippen LogP contribution < -0.4 is 5.32 Å². The highest BCUT2D eigenvalue weighted by Crippen LogP contribution is 2.33. The van der Waals surface area contributed by atoms with Gasteiger partial charge in [-0.05, 0) is 42.3 Å². The third-order valence-corrected chi connectivity index (χ3v) is 4.04. The average molecular weight is 335 g/mol. The zero-order chi connectivity index (χ0) is 16.4. The van der Waals surface area contributed by atoms with Crippen molar-refractivity contribution in [3.05, 3.63) is 64.2 Å². The second kappa shape index (κ2) is 6.53. The van der Waals surface area contributed by atoms with Crippen molar-refractivity contribution >= 4 is 17.3 Å². The summed E-state index contributed by atoms with van der Waals surface area (Å²) in [6.45, 7) is 0.497. The van der Waals surface area contributed by atoms with Crippen LogP contribution >= 0.6 is 11.6 Å². The average Bonchev–Trinajstić information content (AvgIpc) is 3.00. The quantitative estimate of drug-likeness (QED) is 0.903. The normalized spacial score (nSPS) is 20.3. The van der Waals surface area contributed by atoms with Crippen molar-refractivity contribution in [2.75, 3.05) is 11.9 Å². The number of nitrogens with one attached hydrogen (secondary N) is 1. The lowest BCUT2D eigenvalue weighted by Gasteiger charge is -2.22. The maximum atomic E-state index is 13.4. The van der Waals surface area contributed by atoms with Gasteiger partial charge in [0.05, 0.1) is 17.3 Å². The first-order valence-electron chi connectivity index (χ1n) is 7.11. The molecule has 0 spiro atoms. The minimum Gasteiger partial charge on any atom is -0.378 e. The predicted molar refractivity (Wildman–Crippen MR) is 83.2 cm³/mol. The van der Waals surface area contributed by atoms with Gasteiger partial charge in [0.25, 0.3) is 0 Å². The number of halogens is 3. The number of hydrogen-bond acceptors (Lipinski definition) is 3. The van der Waals surface area contributed by atoms with E-state index in [-0.39, 0.29) is 6.04 Å². The van der Waals surface area contributed by atoms with Crippen LogP contribution in [0.4, 0.5) is 14.5 Å². The summed E-state index contributed by atoms with van der Waals surface area (Å²) in [6, 6.07) is 10.7. The van der Waals surface area contributed by atoms with Gasteiger partial charge in [0.1, 0.15) is 12.2 Å². The van der Waals surface area contributed by atoms with E-state index in [4.69, 9.17) is 16.3 Å².